The van der Waals surface area contributed by atoms with Crippen LogP contribution in [0.5, 0.6) is 0 Å². The number of hydrogen-bond donors (Lipinski definition) is 1. The van der Waals surface area contributed by atoms with E-state index in [1.165, 1.54) is 43.7 Å². The van der Waals surface area contributed by atoms with Gasteiger partial charge in [0.1, 0.15) is 12.6 Å². The van der Waals surface area contributed by atoms with E-state index >= 15 is 0 Å². The Balaban J connectivity index is 1.82. The molecule has 16 heteroatoms. The Morgan fingerprint density at radius 2 is 1.45 bits per heavy atom. The van der Waals surface area contributed by atoms with Gasteiger partial charge in [0, 0.05) is 28.2 Å². The van der Waals surface area contributed by atoms with E-state index in [0.29, 0.717) is 0 Å². The number of aryl methyl sites for hydroxylation is 2. The topological polar surface area (TPSA) is 187 Å². The molecule has 174 valence electrons. The van der Waals surface area contributed by atoms with E-state index in [-0.39, 0.29) is 28.9 Å². The van der Waals surface area contributed by atoms with Crippen molar-refractivity contribution in [2.75, 3.05) is 0 Å². The second-order valence-electron chi connectivity index (χ2n) is 7.59. The highest BCUT2D eigenvalue weighted by molar-refractivity contribution is 5.73. The van der Waals surface area contributed by atoms with E-state index in [2.05, 4.69) is 9.97 Å². The van der Waals surface area contributed by atoms with Gasteiger partial charge in [0.15, 0.2) is 11.2 Å². The highest BCUT2D eigenvalue weighted by Gasteiger charge is 2.30. The molecule has 0 bridgehead atoms. The SMILES string of the molecule is Cn1c(=O)c2c(ncn2CC(O)Cn2c([N+](=O)[O-])nc3c2c(=O)n(C)c(=O)n3C)n(C)c1=O. The summed E-state index contributed by atoms with van der Waals surface area (Å²) in [5.41, 5.74) is -2.96. The summed E-state index contributed by atoms with van der Waals surface area (Å²) < 4.78 is 6.10. The molecule has 4 aromatic heterocycles. The highest BCUT2D eigenvalue weighted by atomic mass is 16.6. The number of aliphatic hydroxyl groups excluding tert-OH is 1. The molecule has 0 aliphatic carbocycles. The Bertz CT molecular complexity index is 1690. The lowest BCUT2D eigenvalue weighted by atomic mass is 10.3. The van der Waals surface area contributed by atoms with Crippen LogP contribution in [-0.4, -0.2) is 53.5 Å². The lowest BCUT2D eigenvalue weighted by molar-refractivity contribution is -0.396. The molecule has 0 amide bonds. The number of fused-ring (bicyclic) bond motifs is 2. The van der Waals surface area contributed by atoms with Gasteiger partial charge in [0.05, 0.1) is 12.9 Å². The fourth-order valence-corrected chi connectivity index (χ4v) is 3.78. The molecule has 0 radical (unpaired) electrons. The fraction of sp³-hybridized carbons (Fsp3) is 0.412. The second-order valence-corrected chi connectivity index (χ2v) is 7.59. The smallest absolute Gasteiger partial charge is 0.390 e. The zero-order chi connectivity index (χ0) is 24.4. The lowest BCUT2D eigenvalue weighted by Gasteiger charge is -2.12. The van der Waals surface area contributed by atoms with Crippen LogP contribution in [0.1, 0.15) is 0 Å². The van der Waals surface area contributed by atoms with Crippen LogP contribution in [-0.2, 0) is 41.3 Å². The van der Waals surface area contributed by atoms with Crippen molar-refractivity contribution in [2.24, 2.45) is 28.2 Å². The predicted molar refractivity (Wildman–Crippen MR) is 113 cm³/mol. The Labute approximate surface area is 181 Å². The average Bonchev–Trinajstić information content (AvgIpc) is 3.35. The third-order valence-corrected chi connectivity index (χ3v) is 5.51. The van der Waals surface area contributed by atoms with Crippen molar-refractivity contribution in [2.45, 2.75) is 19.2 Å². The Hall–Kier alpha value is -4.34. The number of aliphatic hydroxyl groups is 1. The summed E-state index contributed by atoms with van der Waals surface area (Å²) in [5, 5.41) is 22.3. The molecular formula is C17H19N9O7. The summed E-state index contributed by atoms with van der Waals surface area (Å²) in [7, 11) is 5.29. The molecule has 1 atom stereocenters. The molecule has 1 N–H and O–H groups in total. The number of nitro groups is 1. The van der Waals surface area contributed by atoms with Gasteiger partial charge < -0.3 is 19.8 Å². The molecule has 0 aliphatic rings. The monoisotopic (exact) mass is 461 g/mol. The second kappa shape index (κ2) is 7.37. The zero-order valence-electron chi connectivity index (χ0n) is 18.0. The van der Waals surface area contributed by atoms with E-state index in [1.54, 1.807) is 0 Å². The summed E-state index contributed by atoms with van der Waals surface area (Å²) in [6.45, 7) is -0.668. The molecule has 33 heavy (non-hydrogen) atoms. The molecule has 0 spiro atoms. The van der Waals surface area contributed by atoms with E-state index in [1.807, 2.05) is 0 Å². The zero-order valence-corrected chi connectivity index (χ0v) is 18.0. The van der Waals surface area contributed by atoms with Gasteiger partial charge in [-0.2, -0.15) is 0 Å². The number of aromatic nitrogens is 8. The molecule has 16 nitrogen and oxygen atoms in total. The highest BCUT2D eigenvalue weighted by Crippen LogP contribution is 2.19. The minimum absolute atomic E-state index is 0.0574. The maximum atomic E-state index is 12.7. The van der Waals surface area contributed by atoms with Crippen molar-refractivity contribution < 1.29 is 10.0 Å². The Kier molecular flexibility index (Phi) is 4.88. The Morgan fingerprint density at radius 1 is 0.909 bits per heavy atom. The van der Waals surface area contributed by atoms with Crippen LogP contribution < -0.4 is 22.5 Å². The van der Waals surface area contributed by atoms with E-state index in [0.717, 1.165) is 18.3 Å². The summed E-state index contributed by atoms with van der Waals surface area (Å²) in [4.78, 5) is 68.1. The number of nitrogens with zero attached hydrogens (tertiary/aromatic N) is 9. The van der Waals surface area contributed by atoms with Crippen molar-refractivity contribution in [3.05, 3.63) is 58.1 Å². The first-order valence-corrected chi connectivity index (χ1v) is 9.55. The van der Waals surface area contributed by atoms with Gasteiger partial charge in [-0.3, -0.25) is 27.9 Å². The van der Waals surface area contributed by atoms with Crippen LogP contribution in [0.4, 0.5) is 5.95 Å². The molecule has 4 rings (SSSR count). The van der Waals surface area contributed by atoms with Gasteiger partial charge in [-0.25, -0.2) is 19.1 Å². The van der Waals surface area contributed by atoms with E-state index < -0.39 is 46.0 Å². The quantitative estimate of drug-likeness (QED) is 0.241. The fourth-order valence-electron chi connectivity index (χ4n) is 3.78. The number of imidazole rings is 2. The van der Waals surface area contributed by atoms with Gasteiger partial charge in [0.25, 0.3) is 16.8 Å². The van der Waals surface area contributed by atoms with Crippen molar-refractivity contribution in [3.8, 4) is 0 Å². The molecule has 0 saturated carbocycles. The molecule has 0 aromatic carbocycles. The van der Waals surface area contributed by atoms with Gasteiger partial charge in [-0.15, -0.1) is 0 Å². The van der Waals surface area contributed by atoms with Crippen LogP contribution in [0.3, 0.4) is 0 Å². The maximum absolute atomic E-state index is 12.7. The summed E-state index contributed by atoms with van der Waals surface area (Å²) in [6, 6.07) is 0. The Morgan fingerprint density at radius 3 is 2.03 bits per heavy atom. The van der Waals surface area contributed by atoms with Gasteiger partial charge in [0.2, 0.25) is 5.52 Å². The summed E-state index contributed by atoms with van der Waals surface area (Å²) in [6.07, 6.45) is -0.0693. The summed E-state index contributed by atoms with van der Waals surface area (Å²) >= 11 is 0. The van der Waals surface area contributed by atoms with Crippen LogP contribution in [0, 0.1) is 10.1 Å². The largest absolute Gasteiger partial charge is 0.437 e. The molecule has 4 heterocycles. The first kappa shape index (κ1) is 21.9. The third kappa shape index (κ3) is 3.10. The normalized spacial score (nSPS) is 12.6. The van der Waals surface area contributed by atoms with E-state index in [4.69, 9.17) is 0 Å². The summed E-state index contributed by atoms with van der Waals surface area (Å²) in [5.74, 6) is -0.726. The average molecular weight is 461 g/mol. The third-order valence-electron chi connectivity index (χ3n) is 5.51. The van der Waals surface area contributed by atoms with Crippen molar-refractivity contribution in [3.63, 3.8) is 0 Å². The minimum atomic E-state index is -1.33. The van der Waals surface area contributed by atoms with Gasteiger partial charge in [-0.05, 0) is 9.91 Å². The minimum Gasteiger partial charge on any atom is -0.390 e. The number of hydrogen-bond acceptors (Lipinski definition) is 9. The number of rotatable bonds is 5. The first-order chi connectivity index (χ1) is 15.5. The van der Waals surface area contributed by atoms with Gasteiger partial charge >= 0.3 is 17.3 Å². The van der Waals surface area contributed by atoms with Crippen LogP contribution in [0.15, 0.2) is 25.5 Å². The molecule has 0 aliphatic heterocycles. The van der Waals surface area contributed by atoms with E-state index in [9.17, 15) is 34.4 Å². The molecule has 4 aromatic rings. The molecule has 0 fully saturated rings. The van der Waals surface area contributed by atoms with Crippen molar-refractivity contribution in [1.29, 1.82) is 0 Å². The molecular weight excluding hydrogens is 442 g/mol. The van der Waals surface area contributed by atoms with Crippen LogP contribution in [0.25, 0.3) is 22.3 Å². The van der Waals surface area contributed by atoms with Crippen molar-refractivity contribution >= 4 is 28.3 Å². The standard InChI is InChI=1S/C17H19N9O7/c1-20-11-9(13(28)22(3)16(20)30)24(7-18-11)5-8(27)6-25-10-12(19-15(25)26(32)33)21(2)17(31)23(4)14(10)29/h7-8,27H,5-6H2,1-4H3. The van der Waals surface area contributed by atoms with Crippen LogP contribution in [0.2, 0.25) is 0 Å². The molecule has 0 saturated heterocycles. The van der Waals surface area contributed by atoms with Gasteiger partial charge in [-0.1, -0.05) is 0 Å². The maximum Gasteiger partial charge on any atom is 0.437 e. The predicted octanol–water partition coefficient (Wildman–Crippen LogP) is -2.85. The lowest BCUT2D eigenvalue weighted by Crippen LogP contribution is -2.38. The van der Waals surface area contributed by atoms with Crippen molar-refractivity contribution in [1.82, 2.24) is 37.4 Å². The van der Waals surface area contributed by atoms with Crippen LogP contribution >= 0.6 is 0 Å². The molecule has 1 unspecified atom stereocenters. The first-order valence-electron chi connectivity index (χ1n) is 9.55.